The lowest BCUT2D eigenvalue weighted by molar-refractivity contribution is 0.325. The number of imidazole rings is 1. The van der Waals surface area contributed by atoms with Crippen molar-refractivity contribution in [3.05, 3.63) is 65.5 Å². The summed E-state index contributed by atoms with van der Waals surface area (Å²) in [5.74, 6) is 1.66. The predicted molar refractivity (Wildman–Crippen MR) is 94.5 cm³/mol. The van der Waals surface area contributed by atoms with E-state index in [0.29, 0.717) is 5.92 Å². The van der Waals surface area contributed by atoms with Gasteiger partial charge in [-0.1, -0.05) is 24.3 Å². The van der Waals surface area contributed by atoms with Crippen molar-refractivity contribution in [2.75, 3.05) is 13.1 Å². The Morgan fingerprint density at radius 1 is 1.21 bits per heavy atom. The second kappa shape index (κ2) is 6.10. The van der Waals surface area contributed by atoms with Gasteiger partial charge in [-0.15, -0.1) is 0 Å². The van der Waals surface area contributed by atoms with E-state index in [0.717, 1.165) is 37.1 Å². The molecule has 3 aromatic rings. The van der Waals surface area contributed by atoms with Crippen molar-refractivity contribution in [1.82, 2.24) is 14.5 Å². The molecule has 1 saturated heterocycles. The number of aromatic nitrogens is 2. The van der Waals surface area contributed by atoms with Gasteiger partial charge in [-0.3, -0.25) is 4.90 Å². The minimum atomic E-state index is 0.474. The molecule has 0 aliphatic carbocycles. The van der Waals surface area contributed by atoms with Crippen molar-refractivity contribution in [1.29, 1.82) is 5.26 Å². The number of nitrogens with zero attached hydrogens (tertiary/aromatic N) is 4. The van der Waals surface area contributed by atoms with Crippen molar-refractivity contribution >= 4 is 11.0 Å². The lowest BCUT2D eigenvalue weighted by atomic mass is 10.1. The van der Waals surface area contributed by atoms with Crippen LogP contribution in [0, 0.1) is 11.3 Å². The van der Waals surface area contributed by atoms with Gasteiger partial charge in [0.25, 0.3) is 0 Å². The number of rotatable bonds is 3. The molecule has 120 valence electrons. The average Bonchev–Trinajstić information content (AvgIpc) is 3.20. The molecule has 1 fully saturated rings. The van der Waals surface area contributed by atoms with Crippen LogP contribution in [0.15, 0.2) is 48.5 Å². The number of benzene rings is 2. The highest BCUT2D eigenvalue weighted by atomic mass is 15.2. The maximum atomic E-state index is 9.04. The molecule has 4 nitrogen and oxygen atoms in total. The van der Waals surface area contributed by atoms with E-state index in [1.165, 1.54) is 16.9 Å². The van der Waals surface area contributed by atoms with E-state index in [9.17, 15) is 0 Å². The van der Waals surface area contributed by atoms with Gasteiger partial charge >= 0.3 is 0 Å². The normalized spacial score (nSPS) is 18.1. The number of aryl methyl sites for hydroxylation is 1. The van der Waals surface area contributed by atoms with Crippen molar-refractivity contribution in [2.24, 2.45) is 7.05 Å². The van der Waals surface area contributed by atoms with Crippen molar-refractivity contribution < 1.29 is 0 Å². The summed E-state index contributed by atoms with van der Waals surface area (Å²) in [6.07, 6.45) is 1.13. The monoisotopic (exact) mass is 316 g/mol. The predicted octanol–water partition coefficient (Wildman–Crippen LogP) is 3.43. The lowest BCUT2D eigenvalue weighted by Gasteiger charge is -2.16. The van der Waals surface area contributed by atoms with Gasteiger partial charge in [0.15, 0.2) is 0 Å². The molecular weight excluding hydrogens is 296 g/mol. The quantitative estimate of drug-likeness (QED) is 0.743. The molecule has 0 radical (unpaired) electrons. The van der Waals surface area contributed by atoms with E-state index in [2.05, 4.69) is 46.8 Å². The third kappa shape index (κ3) is 2.68. The van der Waals surface area contributed by atoms with Gasteiger partial charge < -0.3 is 4.57 Å². The average molecular weight is 316 g/mol. The van der Waals surface area contributed by atoms with E-state index in [4.69, 9.17) is 10.2 Å². The van der Waals surface area contributed by atoms with Crippen LogP contribution < -0.4 is 0 Å². The summed E-state index contributed by atoms with van der Waals surface area (Å²) < 4.78 is 2.24. The highest BCUT2D eigenvalue weighted by Crippen LogP contribution is 2.29. The fourth-order valence-corrected chi connectivity index (χ4v) is 3.71. The molecule has 1 atom stereocenters. The topological polar surface area (TPSA) is 44.9 Å². The molecule has 1 aliphatic rings. The Hall–Kier alpha value is -2.64. The molecule has 2 aromatic carbocycles. The summed E-state index contributed by atoms with van der Waals surface area (Å²) in [5.41, 5.74) is 4.22. The molecule has 0 bridgehead atoms. The van der Waals surface area contributed by atoms with Gasteiger partial charge in [0.1, 0.15) is 5.82 Å². The molecule has 0 saturated carbocycles. The summed E-state index contributed by atoms with van der Waals surface area (Å²) in [6.45, 7) is 2.99. The Kier molecular flexibility index (Phi) is 3.79. The largest absolute Gasteiger partial charge is 0.331 e. The van der Waals surface area contributed by atoms with E-state index in [-0.39, 0.29) is 0 Å². The minimum absolute atomic E-state index is 0.474. The van der Waals surface area contributed by atoms with Gasteiger partial charge in [-0.2, -0.15) is 5.26 Å². The van der Waals surface area contributed by atoms with E-state index in [1.54, 1.807) is 0 Å². The summed E-state index contributed by atoms with van der Waals surface area (Å²) in [4.78, 5) is 7.32. The minimum Gasteiger partial charge on any atom is -0.331 e. The first kappa shape index (κ1) is 14.9. The second-order valence-corrected chi connectivity index (χ2v) is 6.55. The van der Waals surface area contributed by atoms with Crippen molar-refractivity contribution in [2.45, 2.75) is 18.9 Å². The van der Waals surface area contributed by atoms with Crippen molar-refractivity contribution in [3.8, 4) is 6.07 Å². The molecule has 1 aliphatic heterocycles. The molecule has 4 rings (SSSR count). The Morgan fingerprint density at radius 3 is 2.92 bits per heavy atom. The molecule has 1 aromatic heterocycles. The van der Waals surface area contributed by atoms with Crippen LogP contribution in [0.2, 0.25) is 0 Å². The second-order valence-electron chi connectivity index (χ2n) is 6.55. The van der Waals surface area contributed by atoms with Crippen LogP contribution in [0.1, 0.15) is 29.3 Å². The van der Waals surface area contributed by atoms with Crippen LogP contribution >= 0.6 is 0 Å². The van der Waals surface area contributed by atoms with E-state index in [1.807, 2.05) is 24.3 Å². The zero-order valence-electron chi connectivity index (χ0n) is 13.8. The third-order valence-electron chi connectivity index (χ3n) is 4.92. The van der Waals surface area contributed by atoms with Crippen LogP contribution in [0.4, 0.5) is 0 Å². The number of fused-ring (bicyclic) bond motifs is 1. The van der Waals surface area contributed by atoms with Crippen LogP contribution in [0.5, 0.6) is 0 Å². The molecule has 0 amide bonds. The van der Waals surface area contributed by atoms with Crippen LogP contribution in [-0.2, 0) is 13.6 Å². The SMILES string of the molecule is Cn1c([C@H]2CCN(Cc3cccc(C#N)c3)C2)nc2ccccc21. The van der Waals surface area contributed by atoms with Gasteiger partial charge in [0, 0.05) is 26.1 Å². The van der Waals surface area contributed by atoms with E-state index >= 15 is 0 Å². The number of hydrogen-bond acceptors (Lipinski definition) is 3. The van der Waals surface area contributed by atoms with Crippen LogP contribution in [0.3, 0.4) is 0 Å². The summed E-state index contributed by atoms with van der Waals surface area (Å²) in [5, 5.41) is 9.04. The lowest BCUT2D eigenvalue weighted by Crippen LogP contribution is -2.20. The Bertz CT molecular complexity index is 919. The smallest absolute Gasteiger partial charge is 0.114 e. The molecule has 0 unspecified atom stereocenters. The van der Waals surface area contributed by atoms with Gasteiger partial charge in [-0.25, -0.2) is 4.98 Å². The number of likely N-dealkylation sites (tertiary alicyclic amines) is 1. The summed E-state index contributed by atoms with van der Waals surface area (Å²) in [6, 6.07) is 18.5. The van der Waals surface area contributed by atoms with E-state index < -0.39 is 0 Å². The molecular formula is C20H20N4. The zero-order valence-corrected chi connectivity index (χ0v) is 13.8. The fraction of sp³-hybridized carbons (Fsp3) is 0.300. The third-order valence-corrected chi connectivity index (χ3v) is 4.92. The molecule has 0 spiro atoms. The van der Waals surface area contributed by atoms with Crippen molar-refractivity contribution in [3.63, 3.8) is 0 Å². The molecule has 4 heteroatoms. The summed E-state index contributed by atoms with van der Waals surface area (Å²) in [7, 11) is 2.11. The Labute approximate surface area is 142 Å². The first-order valence-electron chi connectivity index (χ1n) is 8.37. The standard InChI is InChI=1S/C20H20N4/c1-23-19-8-3-2-7-18(19)22-20(23)17-9-10-24(14-17)13-16-6-4-5-15(11-16)12-21/h2-8,11,17H,9-10,13-14H2,1H3/t17-/m0/s1. The number of para-hydroxylation sites is 2. The number of nitriles is 1. The Balaban J connectivity index is 1.51. The summed E-state index contributed by atoms with van der Waals surface area (Å²) >= 11 is 0. The highest BCUT2D eigenvalue weighted by molar-refractivity contribution is 5.75. The molecule has 2 heterocycles. The first-order valence-corrected chi connectivity index (χ1v) is 8.37. The number of hydrogen-bond donors (Lipinski definition) is 0. The molecule has 24 heavy (non-hydrogen) atoms. The van der Waals surface area contributed by atoms with Gasteiger partial charge in [0.2, 0.25) is 0 Å². The molecule has 0 N–H and O–H groups in total. The maximum absolute atomic E-state index is 9.04. The van der Waals surface area contributed by atoms with Crippen LogP contribution in [-0.4, -0.2) is 27.5 Å². The Morgan fingerprint density at radius 2 is 2.08 bits per heavy atom. The highest BCUT2D eigenvalue weighted by Gasteiger charge is 2.27. The zero-order chi connectivity index (χ0) is 16.5. The van der Waals surface area contributed by atoms with Crippen LogP contribution in [0.25, 0.3) is 11.0 Å². The first-order chi connectivity index (χ1) is 11.7. The fourth-order valence-electron chi connectivity index (χ4n) is 3.71. The van der Waals surface area contributed by atoms with Gasteiger partial charge in [-0.05, 0) is 42.8 Å². The van der Waals surface area contributed by atoms with Gasteiger partial charge in [0.05, 0.1) is 22.7 Å². The maximum Gasteiger partial charge on any atom is 0.114 e.